The molecule has 98 valence electrons. The third-order valence-electron chi connectivity index (χ3n) is 3.22. The Balaban J connectivity index is 2.09. The van der Waals surface area contributed by atoms with Gasteiger partial charge >= 0.3 is 0 Å². The maximum atomic E-state index is 4.44. The summed E-state index contributed by atoms with van der Waals surface area (Å²) < 4.78 is 1.93. The number of aromatic nitrogens is 2. The first kappa shape index (κ1) is 12.4. The predicted octanol–water partition coefficient (Wildman–Crippen LogP) is 3.40. The van der Waals surface area contributed by atoms with Crippen molar-refractivity contribution >= 4 is 16.9 Å². The molecule has 1 atom stereocenters. The number of rotatable bonds is 4. The van der Waals surface area contributed by atoms with Crippen LogP contribution in [0, 0.1) is 6.92 Å². The zero-order valence-corrected chi connectivity index (χ0v) is 11.9. The fourth-order valence-electron chi connectivity index (χ4n) is 2.35. The van der Waals surface area contributed by atoms with Crippen LogP contribution in [-0.4, -0.2) is 16.2 Å². The van der Waals surface area contributed by atoms with Crippen LogP contribution in [0.3, 0.4) is 0 Å². The molecule has 3 rings (SSSR count). The molecule has 0 aliphatic rings. The summed E-state index contributed by atoms with van der Waals surface area (Å²) >= 11 is 1.84. The fraction of sp³-hybridized carbons (Fsp3) is 0.267. The largest absolute Gasteiger partial charge is 0.306 e. The van der Waals surface area contributed by atoms with Crippen LogP contribution in [0.15, 0.2) is 42.7 Å². The van der Waals surface area contributed by atoms with E-state index < -0.39 is 0 Å². The standard InChI is InChI=1S/C15H17N3S/c1-3-16-15(14-8-7-11(2)19-14)12-10-17-18-9-5-4-6-13(12)18/h4-10,15-16H,3H2,1-2H3. The molecule has 1 unspecified atom stereocenters. The smallest absolute Gasteiger partial charge is 0.0713 e. The van der Waals surface area contributed by atoms with E-state index in [1.807, 2.05) is 34.3 Å². The average Bonchev–Trinajstić information content (AvgIpc) is 3.03. The number of hydrogen-bond acceptors (Lipinski definition) is 3. The lowest BCUT2D eigenvalue weighted by atomic mass is 10.1. The van der Waals surface area contributed by atoms with Gasteiger partial charge in [-0.3, -0.25) is 0 Å². The van der Waals surface area contributed by atoms with E-state index in [2.05, 4.69) is 48.5 Å². The number of thiophene rings is 1. The minimum atomic E-state index is 0.226. The molecule has 4 heteroatoms. The summed E-state index contributed by atoms with van der Waals surface area (Å²) in [5, 5.41) is 8.00. The van der Waals surface area contributed by atoms with E-state index in [1.54, 1.807) is 0 Å². The molecule has 0 saturated heterocycles. The van der Waals surface area contributed by atoms with Gasteiger partial charge in [0, 0.05) is 21.5 Å². The highest BCUT2D eigenvalue weighted by atomic mass is 32.1. The molecule has 3 heterocycles. The van der Waals surface area contributed by atoms with E-state index in [0.29, 0.717) is 0 Å². The summed E-state index contributed by atoms with van der Waals surface area (Å²) in [6, 6.07) is 10.8. The molecule has 19 heavy (non-hydrogen) atoms. The maximum absolute atomic E-state index is 4.44. The van der Waals surface area contributed by atoms with Crippen molar-refractivity contribution in [3.05, 3.63) is 58.0 Å². The van der Waals surface area contributed by atoms with Crippen molar-refractivity contribution in [2.75, 3.05) is 6.54 Å². The molecule has 0 aliphatic carbocycles. The normalized spacial score (nSPS) is 12.9. The molecule has 0 bridgehead atoms. The minimum Gasteiger partial charge on any atom is -0.306 e. The first-order valence-corrected chi connectivity index (χ1v) is 7.33. The molecule has 0 amide bonds. The van der Waals surface area contributed by atoms with Gasteiger partial charge < -0.3 is 5.32 Å². The van der Waals surface area contributed by atoms with Gasteiger partial charge in [0.1, 0.15) is 0 Å². The first-order valence-electron chi connectivity index (χ1n) is 6.51. The first-order chi connectivity index (χ1) is 9.29. The van der Waals surface area contributed by atoms with Crippen LogP contribution in [0.5, 0.6) is 0 Å². The zero-order chi connectivity index (χ0) is 13.2. The van der Waals surface area contributed by atoms with Crippen molar-refractivity contribution in [2.24, 2.45) is 0 Å². The van der Waals surface area contributed by atoms with Crippen LogP contribution in [0.1, 0.15) is 28.3 Å². The number of nitrogens with zero attached hydrogens (tertiary/aromatic N) is 2. The quantitative estimate of drug-likeness (QED) is 0.788. The second-order valence-corrected chi connectivity index (χ2v) is 5.89. The van der Waals surface area contributed by atoms with Gasteiger partial charge in [0.05, 0.1) is 17.8 Å². The van der Waals surface area contributed by atoms with E-state index >= 15 is 0 Å². The van der Waals surface area contributed by atoms with Crippen molar-refractivity contribution < 1.29 is 0 Å². The van der Waals surface area contributed by atoms with Crippen molar-refractivity contribution in [2.45, 2.75) is 19.9 Å². The third kappa shape index (κ3) is 2.29. The topological polar surface area (TPSA) is 29.3 Å². The van der Waals surface area contributed by atoms with E-state index in [-0.39, 0.29) is 6.04 Å². The van der Waals surface area contributed by atoms with Crippen LogP contribution in [-0.2, 0) is 0 Å². The second-order valence-electron chi connectivity index (χ2n) is 4.57. The molecule has 1 N–H and O–H groups in total. The summed E-state index contributed by atoms with van der Waals surface area (Å²) in [7, 11) is 0. The van der Waals surface area contributed by atoms with Crippen molar-refractivity contribution in [3.8, 4) is 0 Å². The minimum absolute atomic E-state index is 0.226. The molecule has 0 fully saturated rings. The highest BCUT2D eigenvalue weighted by Gasteiger charge is 2.18. The fourth-order valence-corrected chi connectivity index (χ4v) is 3.33. The summed E-state index contributed by atoms with van der Waals surface area (Å²) in [6.45, 7) is 5.22. The molecule has 3 aromatic heterocycles. The van der Waals surface area contributed by atoms with E-state index in [0.717, 1.165) is 6.54 Å². The van der Waals surface area contributed by atoms with E-state index in [1.165, 1.54) is 20.8 Å². The van der Waals surface area contributed by atoms with Crippen LogP contribution in [0.25, 0.3) is 5.52 Å². The Morgan fingerprint density at radius 1 is 1.32 bits per heavy atom. The van der Waals surface area contributed by atoms with Crippen LogP contribution >= 0.6 is 11.3 Å². The molecule has 0 spiro atoms. The maximum Gasteiger partial charge on any atom is 0.0713 e. The molecular weight excluding hydrogens is 254 g/mol. The van der Waals surface area contributed by atoms with Gasteiger partial charge in [-0.2, -0.15) is 5.10 Å². The van der Waals surface area contributed by atoms with Gasteiger partial charge in [-0.25, -0.2) is 4.52 Å². The highest BCUT2D eigenvalue weighted by molar-refractivity contribution is 7.12. The van der Waals surface area contributed by atoms with E-state index in [9.17, 15) is 0 Å². The lowest BCUT2D eigenvalue weighted by molar-refractivity contribution is 0.643. The molecular formula is C15H17N3S. The van der Waals surface area contributed by atoms with E-state index in [4.69, 9.17) is 0 Å². The number of fused-ring (bicyclic) bond motifs is 1. The number of nitrogens with one attached hydrogen (secondary N) is 1. The Labute approximate surface area is 116 Å². The SMILES string of the molecule is CCNC(c1ccc(C)s1)c1cnn2ccccc12. The van der Waals surface area contributed by atoms with Gasteiger partial charge in [0.15, 0.2) is 0 Å². The third-order valence-corrected chi connectivity index (χ3v) is 4.29. The Kier molecular flexibility index (Phi) is 3.36. The lowest BCUT2D eigenvalue weighted by Crippen LogP contribution is -2.20. The summed E-state index contributed by atoms with van der Waals surface area (Å²) in [4.78, 5) is 2.69. The lowest BCUT2D eigenvalue weighted by Gasteiger charge is -2.15. The van der Waals surface area contributed by atoms with Crippen LogP contribution < -0.4 is 5.32 Å². The molecule has 0 aromatic carbocycles. The Hall–Kier alpha value is -1.65. The van der Waals surface area contributed by atoms with Crippen molar-refractivity contribution in [3.63, 3.8) is 0 Å². The Morgan fingerprint density at radius 3 is 2.95 bits per heavy atom. The monoisotopic (exact) mass is 271 g/mol. The Bertz CT molecular complexity index is 683. The number of aryl methyl sites for hydroxylation is 1. The second kappa shape index (κ2) is 5.15. The van der Waals surface area contributed by atoms with Crippen molar-refractivity contribution in [1.29, 1.82) is 0 Å². The number of hydrogen-bond donors (Lipinski definition) is 1. The Morgan fingerprint density at radius 2 is 2.21 bits per heavy atom. The predicted molar refractivity (Wildman–Crippen MR) is 79.8 cm³/mol. The number of pyridine rings is 1. The molecule has 0 radical (unpaired) electrons. The highest BCUT2D eigenvalue weighted by Crippen LogP contribution is 2.30. The van der Waals surface area contributed by atoms with Crippen molar-refractivity contribution in [1.82, 2.24) is 14.9 Å². The van der Waals surface area contributed by atoms with Crippen LogP contribution in [0.2, 0.25) is 0 Å². The molecule has 0 aliphatic heterocycles. The van der Waals surface area contributed by atoms with Gasteiger partial charge in [-0.15, -0.1) is 11.3 Å². The van der Waals surface area contributed by atoms with Crippen LogP contribution in [0.4, 0.5) is 0 Å². The summed E-state index contributed by atoms with van der Waals surface area (Å²) in [5.41, 5.74) is 2.41. The van der Waals surface area contributed by atoms with Gasteiger partial charge in [0.25, 0.3) is 0 Å². The summed E-state index contributed by atoms with van der Waals surface area (Å²) in [5.74, 6) is 0. The zero-order valence-electron chi connectivity index (χ0n) is 11.1. The molecule has 0 saturated carbocycles. The van der Waals surface area contributed by atoms with Gasteiger partial charge in [0.2, 0.25) is 0 Å². The van der Waals surface area contributed by atoms with Gasteiger partial charge in [-0.05, 0) is 37.7 Å². The average molecular weight is 271 g/mol. The summed E-state index contributed by atoms with van der Waals surface area (Å²) in [6.07, 6.45) is 3.96. The molecule has 3 aromatic rings. The molecule has 3 nitrogen and oxygen atoms in total. The van der Waals surface area contributed by atoms with Gasteiger partial charge in [-0.1, -0.05) is 13.0 Å².